The average Bonchev–Trinajstić information content (AvgIpc) is 2.56. The molecular weight excluding hydrogens is 449 g/mol. The van der Waals surface area contributed by atoms with E-state index in [0.29, 0.717) is 19.6 Å². The van der Waals surface area contributed by atoms with Crippen LogP contribution in [0.5, 0.6) is 0 Å². The molecule has 1 atom stereocenters. The molecule has 0 spiro atoms. The van der Waals surface area contributed by atoms with Gasteiger partial charge in [0.05, 0.1) is 0 Å². The molecule has 8 nitrogen and oxygen atoms in total. The number of primary amides is 1. The van der Waals surface area contributed by atoms with Crippen LogP contribution in [0.4, 0.5) is 0 Å². The number of likely N-dealkylation sites (tertiary alicyclic amines) is 1. The highest BCUT2D eigenvalue weighted by Crippen LogP contribution is 2.19. The fraction of sp³-hybridized carbons (Fsp3) is 0.824. The number of piperidine rings is 1. The number of hydrogen-bond acceptors (Lipinski definition) is 4. The molecule has 1 rings (SSSR count). The second kappa shape index (κ2) is 14.0. The molecule has 0 aromatic carbocycles. The number of likely N-dealkylation sites (N-methyl/N-ethyl adjacent to an activating group) is 1. The van der Waals surface area contributed by atoms with Crippen LogP contribution in [0.25, 0.3) is 0 Å². The normalized spacial score (nSPS) is 17.4. The lowest BCUT2D eigenvalue weighted by Crippen LogP contribution is -2.48. The van der Waals surface area contributed by atoms with Gasteiger partial charge in [-0.25, -0.2) is 4.99 Å². The van der Waals surface area contributed by atoms with E-state index in [0.717, 1.165) is 44.9 Å². The summed E-state index contributed by atoms with van der Waals surface area (Å²) in [5, 5.41) is 3.33. The first-order valence-corrected chi connectivity index (χ1v) is 9.03. The van der Waals surface area contributed by atoms with Crippen molar-refractivity contribution in [3.63, 3.8) is 0 Å². The quantitative estimate of drug-likeness (QED) is 0.217. The van der Waals surface area contributed by atoms with E-state index < -0.39 is 0 Å². The molecule has 1 unspecified atom stereocenters. The minimum atomic E-state index is -0.266. The standard InChI is InChI=1S/C17H33N5O3.HI/c1-4-25-10-6-8-19-17(20-12-16(24)21(2)3)22-9-5-7-14(13-22)11-15(18)23;/h14H,4-13H2,1-3H3,(H2,18,23)(H,19,20);1H. The number of ether oxygens (including phenoxy) is 1. The number of nitrogens with one attached hydrogen (secondary N) is 1. The Labute approximate surface area is 173 Å². The van der Waals surface area contributed by atoms with E-state index in [1.807, 2.05) is 6.92 Å². The van der Waals surface area contributed by atoms with E-state index in [1.165, 1.54) is 4.90 Å². The second-order valence-electron chi connectivity index (χ2n) is 6.53. The van der Waals surface area contributed by atoms with Gasteiger partial charge in [0.2, 0.25) is 11.8 Å². The summed E-state index contributed by atoms with van der Waals surface area (Å²) in [4.78, 5) is 31.2. The van der Waals surface area contributed by atoms with Crippen molar-refractivity contribution in [1.29, 1.82) is 0 Å². The zero-order chi connectivity index (χ0) is 18.7. The first-order chi connectivity index (χ1) is 11.9. The third-order valence-corrected chi connectivity index (χ3v) is 4.12. The van der Waals surface area contributed by atoms with Crippen LogP contribution in [-0.2, 0) is 14.3 Å². The van der Waals surface area contributed by atoms with Gasteiger partial charge in [0.15, 0.2) is 5.96 Å². The molecule has 1 heterocycles. The van der Waals surface area contributed by atoms with Crippen LogP contribution in [0.15, 0.2) is 4.99 Å². The van der Waals surface area contributed by atoms with Crippen molar-refractivity contribution >= 4 is 41.8 Å². The molecule has 0 aromatic rings. The topological polar surface area (TPSA) is 100 Å². The molecule has 26 heavy (non-hydrogen) atoms. The maximum Gasteiger partial charge on any atom is 0.243 e. The van der Waals surface area contributed by atoms with Gasteiger partial charge < -0.3 is 25.6 Å². The number of hydrogen-bond donors (Lipinski definition) is 2. The highest BCUT2D eigenvalue weighted by molar-refractivity contribution is 14.0. The fourth-order valence-corrected chi connectivity index (χ4v) is 2.78. The summed E-state index contributed by atoms with van der Waals surface area (Å²) in [6.07, 6.45) is 3.24. The average molecular weight is 483 g/mol. The Balaban J connectivity index is 0.00000625. The molecule has 1 aliphatic heterocycles. The van der Waals surface area contributed by atoms with Crippen molar-refractivity contribution in [3.8, 4) is 0 Å². The second-order valence-corrected chi connectivity index (χ2v) is 6.53. The molecule has 2 amide bonds. The van der Waals surface area contributed by atoms with Crippen molar-refractivity contribution < 1.29 is 14.3 Å². The molecular formula is C17H34IN5O3. The van der Waals surface area contributed by atoms with E-state index in [1.54, 1.807) is 14.1 Å². The van der Waals surface area contributed by atoms with E-state index in [9.17, 15) is 9.59 Å². The lowest BCUT2D eigenvalue weighted by atomic mass is 9.95. The SMILES string of the molecule is CCOCCCNC(=NCC(=O)N(C)C)N1CCCC(CC(N)=O)C1.I. The third-order valence-electron chi connectivity index (χ3n) is 4.12. The Bertz CT molecular complexity index is 460. The summed E-state index contributed by atoms with van der Waals surface area (Å²) in [6, 6.07) is 0. The first kappa shape index (κ1) is 24.9. The number of nitrogens with zero attached hydrogens (tertiary/aromatic N) is 3. The Morgan fingerprint density at radius 3 is 2.73 bits per heavy atom. The van der Waals surface area contributed by atoms with Crippen LogP contribution in [0.3, 0.4) is 0 Å². The van der Waals surface area contributed by atoms with Crippen LogP contribution in [0.2, 0.25) is 0 Å². The summed E-state index contributed by atoms with van der Waals surface area (Å²) in [5.74, 6) is 0.657. The van der Waals surface area contributed by atoms with Crippen LogP contribution in [-0.4, -0.2) is 81.1 Å². The van der Waals surface area contributed by atoms with Gasteiger partial charge in [-0.1, -0.05) is 0 Å². The largest absolute Gasteiger partial charge is 0.382 e. The lowest BCUT2D eigenvalue weighted by Gasteiger charge is -2.34. The van der Waals surface area contributed by atoms with Crippen molar-refractivity contribution in [2.24, 2.45) is 16.6 Å². The molecule has 1 saturated heterocycles. The Morgan fingerprint density at radius 1 is 1.38 bits per heavy atom. The monoisotopic (exact) mass is 483 g/mol. The van der Waals surface area contributed by atoms with E-state index in [4.69, 9.17) is 10.5 Å². The van der Waals surface area contributed by atoms with Crippen LogP contribution >= 0.6 is 24.0 Å². The minimum absolute atomic E-state index is 0. The highest BCUT2D eigenvalue weighted by atomic mass is 127. The smallest absolute Gasteiger partial charge is 0.243 e. The van der Waals surface area contributed by atoms with Gasteiger partial charge in [-0.3, -0.25) is 9.59 Å². The summed E-state index contributed by atoms with van der Waals surface area (Å²) >= 11 is 0. The molecule has 1 fully saturated rings. The molecule has 0 radical (unpaired) electrons. The van der Waals surface area contributed by atoms with E-state index in [-0.39, 0.29) is 48.3 Å². The zero-order valence-electron chi connectivity index (χ0n) is 16.2. The molecule has 3 N–H and O–H groups in total. The number of aliphatic imine (C=N–C) groups is 1. The molecule has 0 bridgehead atoms. The van der Waals surface area contributed by atoms with E-state index in [2.05, 4.69) is 15.2 Å². The summed E-state index contributed by atoms with van der Waals surface area (Å²) in [5.41, 5.74) is 5.34. The lowest BCUT2D eigenvalue weighted by molar-refractivity contribution is -0.127. The van der Waals surface area contributed by atoms with Gasteiger partial charge in [0, 0.05) is 53.4 Å². The fourth-order valence-electron chi connectivity index (χ4n) is 2.78. The molecule has 0 saturated carbocycles. The Hall–Kier alpha value is -1.10. The minimum Gasteiger partial charge on any atom is -0.382 e. The van der Waals surface area contributed by atoms with Crippen molar-refractivity contribution in [1.82, 2.24) is 15.1 Å². The summed E-state index contributed by atoms with van der Waals surface area (Å²) in [6.45, 7) is 5.81. The van der Waals surface area contributed by atoms with Gasteiger partial charge in [-0.05, 0) is 32.1 Å². The molecule has 9 heteroatoms. The van der Waals surface area contributed by atoms with Crippen LogP contribution in [0.1, 0.15) is 32.6 Å². The zero-order valence-corrected chi connectivity index (χ0v) is 18.5. The van der Waals surface area contributed by atoms with Gasteiger partial charge in [0.1, 0.15) is 6.54 Å². The summed E-state index contributed by atoms with van der Waals surface area (Å²) < 4.78 is 5.35. The van der Waals surface area contributed by atoms with Gasteiger partial charge in [-0.2, -0.15) is 0 Å². The van der Waals surface area contributed by atoms with Crippen molar-refractivity contribution in [2.75, 3.05) is 53.5 Å². The summed E-state index contributed by atoms with van der Waals surface area (Å²) in [7, 11) is 3.44. The first-order valence-electron chi connectivity index (χ1n) is 9.03. The molecule has 0 aliphatic carbocycles. The molecule has 1 aliphatic rings. The Kier molecular flexibility index (Phi) is 13.4. The number of guanidine groups is 1. The number of halogens is 1. The predicted molar refractivity (Wildman–Crippen MR) is 114 cm³/mol. The Morgan fingerprint density at radius 2 is 2.12 bits per heavy atom. The molecule has 0 aromatic heterocycles. The predicted octanol–water partition coefficient (Wildman–Crippen LogP) is 0.652. The van der Waals surface area contributed by atoms with Crippen molar-refractivity contribution in [2.45, 2.75) is 32.6 Å². The van der Waals surface area contributed by atoms with E-state index >= 15 is 0 Å². The van der Waals surface area contributed by atoms with Gasteiger partial charge in [-0.15, -0.1) is 24.0 Å². The van der Waals surface area contributed by atoms with Gasteiger partial charge >= 0.3 is 0 Å². The van der Waals surface area contributed by atoms with Gasteiger partial charge in [0.25, 0.3) is 0 Å². The number of nitrogens with two attached hydrogens (primary N) is 1. The highest BCUT2D eigenvalue weighted by Gasteiger charge is 2.23. The number of rotatable bonds is 9. The number of carbonyl (C=O) groups excluding carboxylic acids is 2. The van der Waals surface area contributed by atoms with Crippen LogP contribution < -0.4 is 11.1 Å². The van der Waals surface area contributed by atoms with Crippen molar-refractivity contribution in [3.05, 3.63) is 0 Å². The number of carbonyl (C=O) groups is 2. The van der Waals surface area contributed by atoms with Crippen LogP contribution in [0, 0.1) is 5.92 Å². The number of amides is 2. The maximum absolute atomic E-state index is 11.8. The molecule has 152 valence electrons. The third kappa shape index (κ3) is 10.1. The maximum atomic E-state index is 11.8.